The number of nitrogens with one attached hydrogen (secondary N) is 2. The van der Waals surface area contributed by atoms with Crippen LogP contribution in [0.2, 0.25) is 0 Å². The van der Waals surface area contributed by atoms with E-state index in [9.17, 15) is 9.59 Å². The predicted molar refractivity (Wildman–Crippen MR) is 68.8 cm³/mol. The zero-order valence-corrected chi connectivity index (χ0v) is 10.9. The minimum absolute atomic E-state index is 0.225. The summed E-state index contributed by atoms with van der Waals surface area (Å²) in [4.78, 5) is 26.5. The number of carbonyl (C=O) groups excluding carboxylic acids is 2. The van der Waals surface area contributed by atoms with E-state index in [1.807, 2.05) is 0 Å². The van der Waals surface area contributed by atoms with Gasteiger partial charge >= 0.3 is 5.97 Å². The second-order valence-electron chi connectivity index (χ2n) is 3.84. The van der Waals surface area contributed by atoms with Crippen molar-refractivity contribution in [1.82, 2.24) is 10.3 Å². The van der Waals surface area contributed by atoms with Gasteiger partial charge in [0, 0.05) is 12.2 Å². The largest absolute Gasteiger partial charge is 0.461 e. The molecule has 0 bridgehead atoms. The summed E-state index contributed by atoms with van der Waals surface area (Å²) in [6.07, 6.45) is 1.60. The Kier molecular flexibility index (Phi) is 4.71. The molecule has 2 N–H and O–H groups in total. The molecule has 5 heteroatoms. The van der Waals surface area contributed by atoms with Crippen molar-refractivity contribution < 1.29 is 14.3 Å². The van der Waals surface area contributed by atoms with Crippen molar-refractivity contribution in [3.8, 4) is 0 Å². The van der Waals surface area contributed by atoms with Crippen molar-refractivity contribution in [3.63, 3.8) is 0 Å². The summed E-state index contributed by atoms with van der Waals surface area (Å²) in [5.41, 5.74) is 2.07. The number of carbonyl (C=O) groups is 2. The number of hydrogen-bond acceptors (Lipinski definition) is 3. The molecule has 1 aromatic rings. The molecule has 1 rings (SSSR count). The Bertz CT molecular complexity index is 475. The van der Waals surface area contributed by atoms with Gasteiger partial charge in [-0.1, -0.05) is 6.08 Å². The molecule has 0 fully saturated rings. The number of rotatable bonds is 5. The summed E-state index contributed by atoms with van der Waals surface area (Å²) in [5.74, 6) is -0.669. The van der Waals surface area contributed by atoms with Gasteiger partial charge in [-0.25, -0.2) is 4.79 Å². The van der Waals surface area contributed by atoms with Crippen LogP contribution in [0.5, 0.6) is 0 Å². The molecule has 0 radical (unpaired) electrons. The van der Waals surface area contributed by atoms with Crippen molar-refractivity contribution in [2.45, 2.75) is 20.8 Å². The van der Waals surface area contributed by atoms with Gasteiger partial charge in [0.05, 0.1) is 12.2 Å². The number of hydrogen-bond donors (Lipinski definition) is 2. The fourth-order valence-corrected chi connectivity index (χ4v) is 1.75. The zero-order chi connectivity index (χ0) is 13.7. The maximum Gasteiger partial charge on any atom is 0.355 e. The van der Waals surface area contributed by atoms with Crippen molar-refractivity contribution >= 4 is 11.9 Å². The molecular formula is C13H18N2O3. The second-order valence-corrected chi connectivity index (χ2v) is 3.84. The van der Waals surface area contributed by atoms with Crippen LogP contribution in [0.25, 0.3) is 0 Å². The Morgan fingerprint density at radius 2 is 2.11 bits per heavy atom. The SMILES string of the molecule is C=CCNC(=O)c1c(C)[nH]c(C(=O)OCC)c1C. The Balaban J connectivity index is 3.04. The lowest BCUT2D eigenvalue weighted by molar-refractivity contribution is 0.0519. The first-order valence-corrected chi connectivity index (χ1v) is 5.78. The van der Waals surface area contributed by atoms with Gasteiger partial charge in [-0.3, -0.25) is 4.79 Å². The van der Waals surface area contributed by atoms with E-state index in [4.69, 9.17) is 4.74 Å². The molecule has 5 nitrogen and oxygen atoms in total. The Morgan fingerprint density at radius 1 is 1.44 bits per heavy atom. The minimum atomic E-state index is -0.444. The summed E-state index contributed by atoms with van der Waals surface area (Å²) < 4.78 is 4.92. The van der Waals surface area contributed by atoms with Crippen molar-refractivity contribution in [2.75, 3.05) is 13.2 Å². The molecule has 0 aliphatic carbocycles. The van der Waals surface area contributed by atoms with E-state index in [-0.39, 0.29) is 5.91 Å². The quantitative estimate of drug-likeness (QED) is 0.617. The molecule has 0 saturated carbocycles. The van der Waals surface area contributed by atoms with Gasteiger partial charge in [0.1, 0.15) is 5.69 Å². The average molecular weight is 250 g/mol. The van der Waals surface area contributed by atoms with E-state index in [1.165, 1.54) is 0 Å². The molecule has 0 atom stereocenters. The topological polar surface area (TPSA) is 71.2 Å². The van der Waals surface area contributed by atoms with E-state index < -0.39 is 5.97 Å². The molecule has 0 unspecified atom stereocenters. The first-order valence-electron chi connectivity index (χ1n) is 5.78. The van der Waals surface area contributed by atoms with Gasteiger partial charge < -0.3 is 15.0 Å². The fourth-order valence-electron chi connectivity index (χ4n) is 1.75. The highest BCUT2D eigenvalue weighted by Gasteiger charge is 2.22. The maximum absolute atomic E-state index is 11.9. The van der Waals surface area contributed by atoms with Crippen LogP contribution in [0.4, 0.5) is 0 Å². The molecule has 1 amide bonds. The summed E-state index contributed by atoms with van der Waals surface area (Å²) >= 11 is 0. The molecule has 0 spiro atoms. The van der Waals surface area contributed by atoms with Gasteiger partial charge in [-0.15, -0.1) is 6.58 Å². The molecule has 0 aliphatic heterocycles. The fraction of sp³-hybridized carbons (Fsp3) is 0.385. The van der Waals surface area contributed by atoms with Crippen LogP contribution in [-0.4, -0.2) is 30.0 Å². The third-order valence-electron chi connectivity index (χ3n) is 2.55. The van der Waals surface area contributed by atoms with Gasteiger partial charge in [-0.05, 0) is 26.3 Å². The molecular weight excluding hydrogens is 232 g/mol. The van der Waals surface area contributed by atoms with Crippen molar-refractivity contribution in [3.05, 3.63) is 35.2 Å². The molecule has 0 saturated heterocycles. The normalized spacial score (nSPS) is 9.94. The van der Waals surface area contributed by atoms with Crippen LogP contribution < -0.4 is 5.32 Å². The summed E-state index contributed by atoms with van der Waals surface area (Å²) in [6, 6.07) is 0. The number of esters is 1. The molecule has 1 heterocycles. The van der Waals surface area contributed by atoms with Crippen LogP contribution in [0.1, 0.15) is 39.0 Å². The van der Waals surface area contributed by atoms with Gasteiger partial charge in [-0.2, -0.15) is 0 Å². The van der Waals surface area contributed by atoms with Crippen molar-refractivity contribution in [2.24, 2.45) is 0 Å². The highest BCUT2D eigenvalue weighted by molar-refractivity contribution is 6.01. The van der Waals surface area contributed by atoms with Crippen LogP contribution in [-0.2, 0) is 4.74 Å². The highest BCUT2D eigenvalue weighted by Crippen LogP contribution is 2.18. The van der Waals surface area contributed by atoms with Gasteiger partial charge in [0.25, 0.3) is 5.91 Å². The number of H-pyrrole nitrogens is 1. The van der Waals surface area contributed by atoms with Gasteiger partial charge in [0.15, 0.2) is 0 Å². The number of ether oxygens (including phenoxy) is 1. The number of aryl methyl sites for hydroxylation is 1. The lowest BCUT2D eigenvalue weighted by Gasteiger charge is -2.03. The van der Waals surface area contributed by atoms with E-state index in [2.05, 4.69) is 16.9 Å². The monoisotopic (exact) mass is 250 g/mol. The van der Waals surface area contributed by atoms with Crippen LogP contribution in [0.15, 0.2) is 12.7 Å². The summed E-state index contributed by atoms with van der Waals surface area (Å²) in [6.45, 7) is 9.42. The first-order chi connectivity index (χ1) is 8.52. The number of aromatic amines is 1. The number of amides is 1. The maximum atomic E-state index is 11.9. The predicted octanol–water partition coefficient (Wildman–Crippen LogP) is 1.72. The lowest BCUT2D eigenvalue weighted by atomic mass is 10.1. The molecule has 98 valence electrons. The number of aromatic nitrogens is 1. The summed E-state index contributed by atoms with van der Waals surface area (Å²) in [5, 5.41) is 2.69. The Morgan fingerprint density at radius 3 is 2.67 bits per heavy atom. The van der Waals surface area contributed by atoms with E-state index in [0.29, 0.717) is 35.7 Å². The van der Waals surface area contributed by atoms with E-state index >= 15 is 0 Å². The Hall–Kier alpha value is -2.04. The second kappa shape index (κ2) is 6.05. The third kappa shape index (κ3) is 2.80. The van der Waals surface area contributed by atoms with Gasteiger partial charge in [0.2, 0.25) is 0 Å². The average Bonchev–Trinajstić information content (AvgIpc) is 2.62. The summed E-state index contributed by atoms with van der Waals surface area (Å²) in [7, 11) is 0. The molecule has 18 heavy (non-hydrogen) atoms. The van der Waals surface area contributed by atoms with E-state index in [1.54, 1.807) is 26.8 Å². The van der Waals surface area contributed by atoms with Crippen molar-refractivity contribution in [1.29, 1.82) is 0 Å². The van der Waals surface area contributed by atoms with Crippen LogP contribution >= 0.6 is 0 Å². The zero-order valence-electron chi connectivity index (χ0n) is 10.9. The molecule has 0 aliphatic rings. The van der Waals surface area contributed by atoms with E-state index in [0.717, 1.165) is 0 Å². The van der Waals surface area contributed by atoms with Crippen LogP contribution in [0, 0.1) is 13.8 Å². The standard InChI is InChI=1S/C13H18N2O3/c1-5-7-14-12(16)10-8(3)11(15-9(10)4)13(17)18-6-2/h5,15H,1,6-7H2,2-4H3,(H,14,16). The van der Waals surface area contributed by atoms with Crippen LogP contribution in [0.3, 0.4) is 0 Å². The minimum Gasteiger partial charge on any atom is -0.461 e. The first kappa shape index (κ1) is 14.0. The molecule has 0 aromatic carbocycles. The highest BCUT2D eigenvalue weighted by atomic mass is 16.5. The Labute approximate surface area is 106 Å². The lowest BCUT2D eigenvalue weighted by Crippen LogP contribution is -2.24. The smallest absolute Gasteiger partial charge is 0.355 e. The molecule has 1 aromatic heterocycles. The third-order valence-corrected chi connectivity index (χ3v) is 2.55.